The summed E-state index contributed by atoms with van der Waals surface area (Å²) in [5, 5.41) is 0. The Morgan fingerprint density at radius 3 is 2.80 bits per heavy atom. The summed E-state index contributed by atoms with van der Waals surface area (Å²) in [6.07, 6.45) is 4.96. The molecule has 2 aliphatic rings. The molecule has 3 rings (SSSR count). The molecule has 0 atom stereocenters. The van der Waals surface area contributed by atoms with E-state index >= 15 is 0 Å². The number of hydrogen-bond acceptors (Lipinski definition) is 1. The maximum absolute atomic E-state index is 6.06. The molecule has 1 aliphatic carbocycles. The van der Waals surface area contributed by atoms with Crippen molar-refractivity contribution in [2.24, 2.45) is 0 Å². The predicted molar refractivity (Wildman–Crippen MR) is 60.9 cm³/mol. The summed E-state index contributed by atoms with van der Waals surface area (Å²) < 4.78 is 6.06. The van der Waals surface area contributed by atoms with Crippen molar-refractivity contribution in [1.82, 2.24) is 0 Å². The van der Waals surface area contributed by atoms with Crippen LogP contribution in [0.5, 0.6) is 0 Å². The Hall–Kier alpha value is -0.530. The van der Waals surface area contributed by atoms with Crippen LogP contribution in [-0.4, -0.2) is 0 Å². The Kier molecular flexibility index (Phi) is 2.26. The summed E-state index contributed by atoms with van der Waals surface area (Å²) >= 11 is 5.95. The van der Waals surface area contributed by atoms with Gasteiger partial charge in [0.25, 0.3) is 0 Å². The van der Waals surface area contributed by atoms with Crippen molar-refractivity contribution in [2.45, 2.75) is 43.8 Å². The van der Waals surface area contributed by atoms with Crippen molar-refractivity contribution in [2.75, 3.05) is 0 Å². The third-order valence-electron chi connectivity index (χ3n) is 3.81. The van der Waals surface area contributed by atoms with E-state index in [-0.39, 0.29) is 5.60 Å². The van der Waals surface area contributed by atoms with E-state index in [1.54, 1.807) is 0 Å². The zero-order valence-corrected chi connectivity index (χ0v) is 9.52. The maximum Gasteiger partial charge on any atom is 0.0939 e. The van der Waals surface area contributed by atoms with E-state index < -0.39 is 0 Å². The fourth-order valence-corrected chi connectivity index (χ4v) is 3.26. The van der Waals surface area contributed by atoms with Gasteiger partial charge in [0.05, 0.1) is 12.2 Å². The molecule has 1 aromatic carbocycles. The molecule has 80 valence electrons. The molecule has 1 aromatic rings. The summed E-state index contributed by atoms with van der Waals surface area (Å²) in [5.74, 6) is 0.600. The highest BCUT2D eigenvalue weighted by molar-refractivity contribution is 6.17. The van der Waals surface area contributed by atoms with Gasteiger partial charge in [-0.1, -0.05) is 31.0 Å². The molecule has 15 heavy (non-hydrogen) atoms. The fraction of sp³-hybridized carbons (Fsp3) is 0.538. The smallest absolute Gasteiger partial charge is 0.0939 e. The van der Waals surface area contributed by atoms with Gasteiger partial charge in [-0.2, -0.15) is 0 Å². The molecule has 1 saturated carbocycles. The number of benzene rings is 1. The van der Waals surface area contributed by atoms with Crippen LogP contribution in [0.1, 0.15) is 42.4 Å². The van der Waals surface area contributed by atoms with Crippen molar-refractivity contribution < 1.29 is 4.74 Å². The highest BCUT2D eigenvalue weighted by Gasteiger charge is 2.42. The molecule has 0 aromatic heterocycles. The largest absolute Gasteiger partial charge is 0.366 e. The molecule has 0 N–H and O–H groups in total. The Morgan fingerprint density at radius 2 is 2.07 bits per heavy atom. The van der Waals surface area contributed by atoms with E-state index in [1.165, 1.54) is 42.4 Å². The molecule has 0 saturated heterocycles. The van der Waals surface area contributed by atoms with Crippen LogP contribution in [0.3, 0.4) is 0 Å². The van der Waals surface area contributed by atoms with Gasteiger partial charge in [0.2, 0.25) is 0 Å². The molecule has 1 fully saturated rings. The number of alkyl halides is 1. The SMILES string of the molecule is ClCc1cccc2c1COC21CCCC1. The van der Waals surface area contributed by atoms with Crippen LogP contribution < -0.4 is 0 Å². The highest BCUT2D eigenvalue weighted by atomic mass is 35.5. The van der Waals surface area contributed by atoms with E-state index in [0.717, 1.165) is 6.61 Å². The molecule has 1 nitrogen and oxygen atoms in total. The third kappa shape index (κ3) is 1.33. The maximum atomic E-state index is 6.06. The van der Waals surface area contributed by atoms with E-state index in [2.05, 4.69) is 18.2 Å². The van der Waals surface area contributed by atoms with Gasteiger partial charge in [-0.15, -0.1) is 11.6 Å². The first-order chi connectivity index (χ1) is 7.36. The van der Waals surface area contributed by atoms with Gasteiger partial charge in [-0.3, -0.25) is 0 Å². The summed E-state index contributed by atoms with van der Waals surface area (Å²) in [5.41, 5.74) is 4.07. The van der Waals surface area contributed by atoms with E-state index in [9.17, 15) is 0 Å². The first kappa shape index (κ1) is 9.68. The number of halogens is 1. The molecule has 0 bridgehead atoms. The Bertz CT molecular complexity index is 380. The van der Waals surface area contributed by atoms with Gasteiger partial charge < -0.3 is 4.74 Å². The molecule has 0 amide bonds. The van der Waals surface area contributed by atoms with Crippen LogP contribution in [0, 0.1) is 0 Å². The zero-order valence-electron chi connectivity index (χ0n) is 8.76. The summed E-state index contributed by atoms with van der Waals surface area (Å²) in [6.45, 7) is 0.762. The van der Waals surface area contributed by atoms with Gasteiger partial charge >= 0.3 is 0 Å². The molecule has 1 heterocycles. The van der Waals surface area contributed by atoms with Gasteiger partial charge in [0, 0.05) is 5.88 Å². The molecule has 1 aliphatic heterocycles. The lowest BCUT2D eigenvalue weighted by Gasteiger charge is -2.23. The number of rotatable bonds is 1. The lowest BCUT2D eigenvalue weighted by molar-refractivity contribution is -0.0325. The average Bonchev–Trinajstić information content (AvgIpc) is 2.89. The summed E-state index contributed by atoms with van der Waals surface area (Å²) in [6, 6.07) is 6.46. The van der Waals surface area contributed by atoms with Crippen molar-refractivity contribution in [3.63, 3.8) is 0 Å². The molecular formula is C13H15ClO. The van der Waals surface area contributed by atoms with E-state index in [0.29, 0.717) is 5.88 Å². The predicted octanol–water partition coefficient (Wildman–Crippen LogP) is 3.72. The van der Waals surface area contributed by atoms with E-state index in [4.69, 9.17) is 16.3 Å². The number of fused-ring (bicyclic) bond motifs is 2. The van der Waals surface area contributed by atoms with Crippen LogP contribution >= 0.6 is 11.6 Å². The normalized spacial score (nSPS) is 22.2. The van der Waals surface area contributed by atoms with Crippen LogP contribution in [-0.2, 0) is 22.8 Å². The first-order valence-corrected chi connectivity index (χ1v) is 6.20. The minimum absolute atomic E-state index is 0.0530. The average molecular weight is 223 g/mol. The Labute approximate surface area is 95.4 Å². The van der Waals surface area contributed by atoms with Gasteiger partial charge in [-0.25, -0.2) is 0 Å². The second kappa shape index (κ2) is 3.50. The minimum Gasteiger partial charge on any atom is -0.366 e. The molecule has 2 heteroatoms. The summed E-state index contributed by atoms with van der Waals surface area (Å²) in [7, 11) is 0. The standard InChI is InChI=1S/C13H15ClO/c14-8-10-4-3-5-12-11(10)9-15-13(12)6-1-2-7-13/h3-5H,1-2,6-9H2. The van der Waals surface area contributed by atoms with Crippen molar-refractivity contribution in [3.05, 3.63) is 34.9 Å². The van der Waals surface area contributed by atoms with Crippen LogP contribution in [0.2, 0.25) is 0 Å². The monoisotopic (exact) mass is 222 g/mol. The second-order valence-corrected chi connectivity index (χ2v) is 4.83. The fourth-order valence-electron chi connectivity index (χ4n) is 3.01. The van der Waals surface area contributed by atoms with Gasteiger partial charge in [0.1, 0.15) is 0 Å². The number of hydrogen-bond donors (Lipinski definition) is 0. The molecular weight excluding hydrogens is 208 g/mol. The third-order valence-corrected chi connectivity index (χ3v) is 4.10. The highest BCUT2D eigenvalue weighted by Crippen LogP contribution is 2.48. The van der Waals surface area contributed by atoms with Crippen LogP contribution in [0.15, 0.2) is 18.2 Å². The second-order valence-electron chi connectivity index (χ2n) is 4.57. The Morgan fingerprint density at radius 1 is 1.27 bits per heavy atom. The lowest BCUT2D eigenvalue weighted by Crippen LogP contribution is -2.20. The lowest BCUT2D eigenvalue weighted by atomic mass is 9.89. The Balaban J connectivity index is 2.10. The summed E-state index contributed by atoms with van der Waals surface area (Å²) in [4.78, 5) is 0. The zero-order chi connectivity index (χ0) is 10.3. The van der Waals surface area contributed by atoms with Crippen LogP contribution in [0.25, 0.3) is 0 Å². The van der Waals surface area contributed by atoms with Crippen LogP contribution in [0.4, 0.5) is 0 Å². The van der Waals surface area contributed by atoms with E-state index in [1.807, 2.05) is 0 Å². The van der Waals surface area contributed by atoms with Gasteiger partial charge in [0.15, 0.2) is 0 Å². The van der Waals surface area contributed by atoms with Crippen molar-refractivity contribution in [3.8, 4) is 0 Å². The van der Waals surface area contributed by atoms with Crippen molar-refractivity contribution >= 4 is 11.6 Å². The number of ether oxygens (including phenoxy) is 1. The van der Waals surface area contributed by atoms with Crippen molar-refractivity contribution in [1.29, 1.82) is 0 Å². The topological polar surface area (TPSA) is 9.23 Å². The molecule has 1 spiro atoms. The molecule has 0 radical (unpaired) electrons. The minimum atomic E-state index is 0.0530. The molecule has 0 unspecified atom stereocenters. The van der Waals surface area contributed by atoms with Gasteiger partial charge in [-0.05, 0) is 29.5 Å². The first-order valence-electron chi connectivity index (χ1n) is 5.67. The quantitative estimate of drug-likeness (QED) is 0.658.